The maximum absolute atomic E-state index is 12.0. The number of ether oxygens (including phenoxy) is 1. The van der Waals surface area contributed by atoms with Crippen molar-refractivity contribution >= 4 is 5.91 Å². The van der Waals surface area contributed by atoms with Gasteiger partial charge in [-0.15, -0.1) is 0 Å². The van der Waals surface area contributed by atoms with Crippen LogP contribution in [0.15, 0.2) is 30.4 Å². The Balaban J connectivity index is 1.86. The predicted octanol–water partition coefficient (Wildman–Crippen LogP) is 8.22. The highest BCUT2D eigenvalue weighted by atomic mass is 16.5. The molecule has 0 aromatic heterocycles. The second-order valence-corrected chi connectivity index (χ2v) is 9.18. The van der Waals surface area contributed by atoms with Crippen LogP contribution in [0.2, 0.25) is 0 Å². The molecule has 4 heteroatoms. The monoisotopic (exact) mass is 459 g/mol. The van der Waals surface area contributed by atoms with Gasteiger partial charge in [0, 0.05) is 13.0 Å². The molecule has 0 bridgehead atoms. The molecule has 1 amide bonds. The number of allylic oxidation sites excluding steroid dienone is 2. The van der Waals surface area contributed by atoms with Gasteiger partial charge in [0.1, 0.15) is 0 Å². The molecule has 1 aromatic rings. The lowest BCUT2D eigenvalue weighted by molar-refractivity contribution is -0.121. The average molecular weight is 460 g/mol. The topological polar surface area (TPSA) is 58.6 Å². The largest absolute Gasteiger partial charge is 0.504 e. The Morgan fingerprint density at radius 3 is 1.97 bits per heavy atom. The number of hydrogen-bond acceptors (Lipinski definition) is 3. The molecule has 1 aromatic carbocycles. The summed E-state index contributed by atoms with van der Waals surface area (Å²) < 4.78 is 5.10. The molecule has 33 heavy (non-hydrogen) atoms. The van der Waals surface area contributed by atoms with E-state index < -0.39 is 0 Å². The molecule has 2 N–H and O–H groups in total. The van der Waals surface area contributed by atoms with E-state index in [0.29, 0.717) is 18.7 Å². The van der Waals surface area contributed by atoms with Crippen LogP contribution >= 0.6 is 0 Å². The fourth-order valence-electron chi connectivity index (χ4n) is 4.01. The number of amides is 1. The molecule has 0 aliphatic carbocycles. The van der Waals surface area contributed by atoms with Crippen molar-refractivity contribution in [3.05, 3.63) is 35.9 Å². The zero-order valence-electron chi connectivity index (χ0n) is 21.4. The molecule has 0 fully saturated rings. The first-order chi connectivity index (χ1) is 16.2. The van der Waals surface area contributed by atoms with Crippen LogP contribution in [-0.4, -0.2) is 18.1 Å². The van der Waals surface area contributed by atoms with Crippen LogP contribution in [0, 0.1) is 0 Å². The summed E-state index contributed by atoms with van der Waals surface area (Å²) in [5, 5.41) is 12.6. The molecule has 4 nitrogen and oxygen atoms in total. The summed E-state index contributed by atoms with van der Waals surface area (Å²) in [4.78, 5) is 12.0. The summed E-state index contributed by atoms with van der Waals surface area (Å²) in [6.45, 7) is 2.73. The molecule has 188 valence electrons. The summed E-state index contributed by atoms with van der Waals surface area (Å²) in [6, 6.07) is 5.14. The lowest BCUT2D eigenvalue weighted by Gasteiger charge is -2.08. The van der Waals surface area contributed by atoms with Crippen molar-refractivity contribution in [1.82, 2.24) is 5.32 Å². The smallest absolute Gasteiger partial charge is 0.220 e. The number of hydrogen-bond donors (Lipinski definition) is 2. The van der Waals surface area contributed by atoms with Crippen molar-refractivity contribution in [2.24, 2.45) is 0 Å². The van der Waals surface area contributed by atoms with Crippen molar-refractivity contribution in [2.75, 3.05) is 7.11 Å². The summed E-state index contributed by atoms with van der Waals surface area (Å²) in [5.74, 6) is 0.636. The van der Waals surface area contributed by atoms with E-state index >= 15 is 0 Å². The molecule has 0 saturated heterocycles. The molecule has 0 radical (unpaired) electrons. The third kappa shape index (κ3) is 16.3. The maximum atomic E-state index is 12.0. The summed E-state index contributed by atoms with van der Waals surface area (Å²) in [5.41, 5.74) is 0.922. The maximum Gasteiger partial charge on any atom is 0.220 e. The van der Waals surface area contributed by atoms with Crippen molar-refractivity contribution in [3.63, 3.8) is 0 Å². The van der Waals surface area contributed by atoms with Gasteiger partial charge >= 0.3 is 0 Å². The Labute approximate surface area is 203 Å². The molecule has 0 unspecified atom stereocenters. The zero-order valence-corrected chi connectivity index (χ0v) is 21.4. The molecule has 0 heterocycles. The number of methoxy groups -OCH3 is 1. The van der Waals surface area contributed by atoms with E-state index in [1.165, 1.54) is 97.0 Å². The second kappa shape index (κ2) is 20.6. The van der Waals surface area contributed by atoms with Crippen LogP contribution in [0.25, 0.3) is 0 Å². The van der Waals surface area contributed by atoms with Crippen LogP contribution in [0.4, 0.5) is 0 Å². The average Bonchev–Trinajstić information content (AvgIpc) is 2.82. The predicted molar refractivity (Wildman–Crippen MR) is 140 cm³/mol. The van der Waals surface area contributed by atoms with Crippen LogP contribution in [0.1, 0.15) is 122 Å². The van der Waals surface area contributed by atoms with Gasteiger partial charge in [-0.3, -0.25) is 4.79 Å². The molecule has 0 aliphatic heterocycles. The van der Waals surface area contributed by atoms with Crippen LogP contribution in [0.3, 0.4) is 0 Å². The van der Waals surface area contributed by atoms with Gasteiger partial charge in [-0.1, -0.05) is 95.8 Å². The first-order valence-electron chi connectivity index (χ1n) is 13.4. The highest BCUT2D eigenvalue weighted by Gasteiger charge is 2.05. The van der Waals surface area contributed by atoms with E-state index in [2.05, 4.69) is 24.4 Å². The number of benzene rings is 1. The van der Waals surface area contributed by atoms with Gasteiger partial charge in [-0.25, -0.2) is 0 Å². The van der Waals surface area contributed by atoms with Crippen LogP contribution in [-0.2, 0) is 11.3 Å². The molecule has 0 spiro atoms. The number of nitrogens with one attached hydrogen (secondary N) is 1. The van der Waals surface area contributed by atoms with Crippen molar-refractivity contribution < 1.29 is 14.6 Å². The number of phenolic OH excluding ortho intramolecular Hbond substituents is 1. The van der Waals surface area contributed by atoms with Crippen molar-refractivity contribution in [3.8, 4) is 11.5 Å². The SMILES string of the molecule is CCCCCCCC/C=C\CCCCCCCCCCC(=O)NCc1ccc(O)c(OC)c1. The van der Waals surface area contributed by atoms with Gasteiger partial charge in [0.2, 0.25) is 5.91 Å². The first-order valence-corrected chi connectivity index (χ1v) is 13.4. The summed E-state index contributed by atoms with van der Waals surface area (Å²) >= 11 is 0. The molecular weight excluding hydrogens is 410 g/mol. The zero-order chi connectivity index (χ0) is 24.0. The molecular formula is C29H49NO3. The number of carbonyl (C=O) groups is 1. The van der Waals surface area contributed by atoms with E-state index in [4.69, 9.17) is 4.74 Å². The van der Waals surface area contributed by atoms with E-state index in [1.54, 1.807) is 18.2 Å². The third-order valence-electron chi connectivity index (χ3n) is 6.15. The normalized spacial score (nSPS) is 11.2. The van der Waals surface area contributed by atoms with Crippen LogP contribution < -0.4 is 10.1 Å². The van der Waals surface area contributed by atoms with E-state index in [9.17, 15) is 9.90 Å². The minimum atomic E-state index is 0.0894. The third-order valence-corrected chi connectivity index (χ3v) is 6.15. The van der Waals surface area contributed by atoms with E-state index in [-0.39, 0.29) is 11.7 Å². The minimum absolute atomic E-state index is 0.0894. The number of phenols is 1. The Bertz CT molecular complexity index is 642. The number of carbonyl (C=O) groups excluding carboxylic acids is 1. The number of unbranched alkanes of at least 4 members (excludes halogenated alkanes) is 14. The quantitative estimate of drug-likeness (QED) is 0.144. The number of aromatic hydroxyl groups is 1. The molecule has 0 saturated carbocycles. The fraction of sp³-hybridized carbons (Fsp3) is 0.690. The Hall–Kier alpha value is -1.97. The van der Waals surface area contributed by atoms with Crippen molar-refractivity contribution in [1.29, 1.82) is 0 Å². The Morgan fingerprint density at radius 1 is 0.848 bits per heavy atom. The first kappa shape index (κ1) is 29.1. The highest BCUT2D eigenvalue weighted by Crippen LogP contribution is 2.26. The van der Waals surface area contributed by atoms with Gasteiger partial charge < -0.3 is 15.2 Å². The Kier molecular flexibility index (Phi) is 18.2. The van der Waals surface area contributed by atoms with Gasteiger partial charge in [0.25, 0.3) is 0 Å². The second-order valence-electron chi connectivity index (χ2n) is 9.18. The van der Waals surface area contributed by atoms with Crippen molar-refractivity contribution in [2.45, 2.75) is 123 Å². The lowest BCUT2D eigenvalue weighted by atomic mass is 10.1. The van der Waals surface area contributed by atoms with Gasteiger partial charge in [-0.05, 0) is 49.8 Å². The molecule has 1 rings (SSSR count). The fourth-order valence-corrected chi connectivity index (χ4v) is 4.01. The summed E-state index contributed by atoms with van der Waals surface area (Å²) in [6.07, 6.45) is 26.0. The molecule has 0 atom stereocenters. The Morgan fingerprint density at radius 2 is 1.39 bits per heavy atom. The number of rotatable bonds is 21. The van der Waals surface area contributed by atoms with Gasteiger partial charge in [-0.2, -0.15) is 0 Å². The van der Waals surface area contributed by atoms with Gasteiger partial charge in [0.05, 0.1) is 7.11 Å². The minimum Gasteiger partial charge on any atom is -0.504 e. The van der Waals surface area contributed by atoms with E-state index in [1.807, 2.05) is 0 Å². The standard InChI is InChI=1S/C29H49NO3/c1-3-4-5-6-7-8-9-10-11-12-13-14-15-16-17-18-19-20-21-29(32)30-25-26-22-23-27(31)28(24-26)33-2/h10-11,22-24,31H,3-9,12-21,25H2,1-2H3,(H,30,32)/b11-10-. The molecule has 0 aliphatic rings. The highest BCUT2D eigenvalue weighted by molar-refractivity contribution is 5.75. The van der Waals surface area contributed by atoms with Gasteiger partial charge in [0.15, 0.2) is 11.5 Å². The van der Waals surface area contributed by atoms with E-state index in [0.717, 1.165) is 18.4 Å². The van der Waals surface area contributed by atoms with Crippen LogP contribution in [0.5, 0.6) is 11.5 Å². The lowest BCUT2D eigenvalue weighted by Crippen LogP contribution is -2.22. The summed E-state index contributed by atoms with van der Waals surface area (Å²) in [7, 11) is 1.52.